The highest BCUT2D eigenvalue weighted by Gasteiger charge is 2.40. The van der Waals surface area contributed by atoms with E-state index in [1.807, 2.05) is 43.3 Å². The Morgan fingerprint density at radius 2 is 1.89 bits per heavy atom. The third-order valence-corrected chi connectivity index (χ3v) is 7.17. The number of hydrogen-bond acceptors (Lipinski definition) is 4. The monoisotopic (exact) mass is 484 g/mol. The lowest BCUT2D eigenvalue weighted by Gasteiger charge is -2.35. The molecule has 2 heterocycles. The van der Waals surface area contributed by atoms with Crippen LogP contribution in [0.3, 0.4) is 0 Å². The highest BCUT2D eigenvalue weighted by atomic mass is 16.2. The zero-order valence-corrected chi connectivity index (χ0v) is 20.2. The number of benzene rings is 1. The van der Waals surface area contributed by atoms with Crippen LogP contribution >= 0.6 is 0 Å². The van der Waals surface area contributed by atoms with Crippen molar-refractivity contribution in [1.82, 2.24) is 19.7 Å². The van der Waals surface area contributed by atoms with Crippen LogP contribution in [-0.2, 0) is 32.5 Å². The minimum absolute atomic E-state index is 0.0101. The zero-order chi connectivity index (χ0) is 25.1. The molecule has 0 bridgehead atoms. The molecule has 0 saturated heterocycles. The summed E-state index contributed by atoms with van der Waals surface area (Å²) in [4.78, 5) is 22.0. The molecule has 0 aliphatic heterocycles. The number of carbonyl (C=O) groups excluding carboxylic acids is 1. The molecule has 0 radical (unpaired) electrons. The Labute approximate surface area is 208 Å². The van der Waals surface area contributed by atoms with Crippen molar-refractivity contribution in [2.24, 2.45) is 10.2 Å². The number of H-pyrrole nitrogens is 1. The normalized spacial score (nSPS) is 16.5. The van der Waals surface area contributed by atoms with Crippen molar-refractivity contribution in [3.05, 3.63) is 96.7 Å². The van der Waals surface area contributed by atoms with Gasteiger partial charge in [-0.05, 0) is 67.3 Å². The Bertz CT molecular complexity index is 1360. The molecule has 1 amide bonds. The number of fused-ring (bicyclic) bond motifs is 1. The van der Waals surface area contributed by atoms with E-state index in [2.05, 4.69) is 39.7 Å². The van der Waals surface area contributed by atoms with E-state index < -0.39 is 0 Å². The number of aromatic amines is 1. The zero-order valence-electron chi connectivity index (χ0n) is 20.2. The van der Waals surface area contributed by atoms with Crippen LogP contribution in [0.1, 0.15) is 63.5 Å². The minimum Gasteiger partial charge on any atom is -0.344 e. The summed E-state index contributed by atoms with van der Waals surface area (Å²) in [5.74, 6) is -0.0101. The second-order valence-electron chi connectivity index (χ2n) is 9.46. The Morgan fingerprint density at radius 3 is 2.61 bits per heavy atom. The van der Waals surface area contributed by atoms with Crippen molar-refractivity contribution in [3.63, 3.8) is 0 Å². The van der Waals surface area contributed by atoms with Crippen LogP contribution in [0.2, 0.25) is 0 Å². The van der Waals surface area contributed by atoms with Crippen LogP contribution in [-0.4, -0.2) is 37.7 Å². The van der Waals surface area contributed by atoms with E-state index in [0.717, 1.165) is 59.6 Å². The molecule has 0 spiro atoms. The molecule has 36 heavy (non-hydrogen) atoms. The third kappa shape index (κ3) is 4.66. The van der Waals surface area contributed by atoms with E-state index in [0.29, 0.717) is 18.5 Å². The van der Waals surface area contributed by atoms with E-state index in [4.69, 9.17) is 11.1 Å². The SMILES string of the molecule is Cc1cc(C(=O)N(C2CC2)C2CCc3[nH]nc(CN=[N+]=[N-])c3C2)c(CN=[N+]=[N-])n1Cc1ccccc1. The summed E-state index contributed by atoms with van der Waals surface area (Å²) < 4.78 is 2.08. The molecule has 5 rings (SSSR count). The molecule has 11 nitrogen and oxygen atoms in total. The molecule has 1 fully saturated rings. The van der Waals surface area contributed by atoms with Crippen molar-refractivity contribution in [2.45, 2.75) is 70.7 Å². The molecular formula is C25H28N10O. The molecule has 1 N–H and O–H groups in total. The molecule has 2 aliphatic rings. The van der Waals surface area contributed by atoms with Crippen molar-refractivity contribution in [1.29, 1.82) is 0 Å². The maximum Gasteiger partial charge on any atom is 0.256 e. The summed E-state index contributed by atoms with van der Waals surface area (Å²) in [6.07, 6.45) is 4.29. The maximum absolute atomic E-state index is 14.1. The van der Waals surface area contributed by atoms with Crippen molar-refractivity contribution in [2.75, 3.05) is 0 Å². The van der Waals surface area contributed by atoms with Gasteiger partial charge in [-0.25, -0.2) is 0 Å². The number of amides is 1. The van der Waals surface area contributed by atoms with E-state index >= 15 is 0 Å². The van der Waals surface area contributed by atoms with Crippen LogP contribution in [0, 0.1) is 6.92 Å². The summed E-state index contributed by atoms with van der Waals surface area (Å²) in [6, 6.07) is 12.2. The van der Waals surface area contributed by atoms with Gasteiger partial charge in [-0.2, -0.15) is 5.10 Å². The molecule has 1 saturated carbocycles. The quantitative estimate of drug-likeness (QED) is 0.247. The minimum atomic E-state index is -0.0101. The largest absolute Gasteiger partial charge is 0.344 e. The second-order valence-corrected chi connectivity index (χ2v) is 9.46. The first-order valence-corrected chi connectivity index (χ1v) is 12.2. The van der Waals surface area contributed by atoms with Gasteiger partial charge >= 0.3 is 0 Å². The maximum atomic E-state index is 14.1. The first-order chi connectivity index (χ1) is 17.6. The van der Waals surface area contributed by atoms with Gasteiger partial charge in [-0.15, -0.1) is 0 Å². The molecule has 3 aromatic rings. The molecular weight excluding hydrogens is 456 g/mol. The van der Waals surface area contributed by atoms with Gasteiger partial charge in [0.05, 0.1) is 24.3 Å². The van der Waals surface area contributed by atoms with Gasteiger partial charge in [0.1, 0.15) is 0 Å². The topological polar surface area (TPSA) is 151 Å². The van der Waals surface area contributed by atoms with E-state index in [1.165, 1.54) is 0 Å². The van der Waals surface area contributed by atoms with Gasteiger partial charge in [0.15, 0.2) is 0 Å². The van der Waals surface area contributed by atoms with E-state index in [-0.39, 0.29) is 31.1 Å². The summed E-state index contributed by atoms with van der Waals surface area (Å²) in [5, 5.41) is 14.9. The summed E-state index contributed by atoms with van der Waals surface area (Å²) in [5.41, 5.74) is 24.1. The summed E-state index contributed by atoms with van der Waals surface area (Å²) in [7, 11) is 0. The van der Waals surface area contributed by atoms with Gasteiger partial charge in [0.2, 0.25) is 0 Å². The number of hydrogen-bond donors (Lipinski definition) is 1. The van der Waals surface area contributed by atoms with Crippen LogP contribution in [0.15, 0.2) is 46.6 Å². The number of nitrogens with zero attached hydrogens (tertiary/aromatic N) is 9. The van der Waals surface area contributed by atoms with Crippen molar-refractivity contribution < 1.29 is 4.79 Å². The van der Waals surface area contributed by atoms with Gasteiger partial charge < -0.3 is 9.47 Å². The molecule has 2 aliphatic carbocycles. The number of rotatable bonds is 9. The van der Waals surface area contributed by atoms with Crippen molar-refractivity contribution >= 4 is 5.91 Å². The lowest BCUT2D eigenvalue weighted by Crippen LogP contribution is -2.45. The first kappa shape index (κ1) is 23.5. The highest BCUT2D eigenvalue weighted by Crippen LogP contribution is 2.36. The number of carbonyl (C=O) groups is 1. The third-order valence-electron chi connectivity index (χ3n) is 7.17. The van der Waals surface area contributed by atoms with Crippen LogP contribution < -0.4 is 0 Å². The predicted molar refractivity (Wildman–Crippen MR) is 134 cm³/mol. The Kier molecular flexibility index (Phi) is 6.66. The average molecular weight is 485 g/mol. The molecule has 184 valence electrons. The van der Waals surface area contributed by atoms with E-state index in [1.54, 1.807) is 0 Å². The number of azide groups is 2. The van der Waals surface area contributed by atoms with Crippen LogP contribution in [0.4, 0.5) is 0 Å². The van der Waals surface area contributed by atoms with E-state index in [9.17, 15) is 4.79 Å². The van der Waals surface area contributed by atoms with Crippen LogP contribution in [0.25, 0.3) is 20.9 Å². The number of aromatic nitrogens is 3. The Balaban J connectivity index is 1.47. The fourth-order valence-corrected chi connectivity index (χ4v) is 5.30. The lowest BCUT2D eigenvalue weighted by molar-refractivity contribution is 0.0641. The fraction of sp³-hybridized carbons (Fsp3) is 0.440. The second kappa shape index (κ2) is 10.2. The number of nitrogens with one attached hydrogen (secondary N) is 1. The van der Waals surface area contributed by atoms with Crippen molar-refractivity contribution in [3.8, 4) is 0 Å². The lowest BCUT2D eigenvalue weighted by atomic mass is 9.90. The molecule has 1 unspecified atom stereocenters. The predicted octanol–water partition coefficient (Wildman–Crippen LogP) is 5.35. The highest BCUT2D eigenvalue weighted by molar-refractivity contribution is 5.96. The average Bonchev–Trinajstić information content (AvgIpc) is 3.57. The van der Waals surface area contributed by atoms with Gasteiger partial charge in [0.25, 0.3) is 5.91 Å². The van der Waals surface area contributed by atoms with Gasteiger partial charge in [-0.3, -0.25) is 9.89 Å². The summed E-state index contributed by atoms with van der Waals surface area (Å²) in [6.45, 7) is 2.90. The first-order valence-electron chi connectivity index (χ1n) is 12.2. The molecule has 1 atom stereocenters. The fourth-order valence-electron chi connectivity index (χ4n) is 5.30. The molecule has 11 heteroatoms. The smallest absolute Gasteiger partial charge is 0.256 e. The van der Waals surface area contributed by atoms with Crippen LogP contribution in [0.5, 0.6) is 0 Å². The van der Waals surface area contributed by atoms with Gasteiger partial charge in [-0.1, -0.05) is 40.6 Å². The molecule has 2 aromatic heterocycles. The van der Waals surface area contributed by atoms with Gasteiger partial charge in [0, 0.05) is 45.5 Å². The Morgan fingerprint density at radius 1 is 1.14 bits per heavy atom. The number of aryl methyl sites for hydroxylation is 2. The summed E-state index contributed by atoms with van der Waals surface area (Å²) >= 11 is 0. The molecule has 1 aromatic carbocycles. The Hall–Kier alpha value is -4.20. The standard InChI is InChI=1S/C25H28N10O/c1-16-11-21(24(14-29-33-27)34(16)15-17-5-3-2-4-6-17)25(36)35(18-7-8-18)19-9-10-22-20(12-19)23(31-30-22)13-28-32-26/h2-6,11,18-19H,7-10,12-15H2,1H3,(H,30,31).